The summed E-state index contributed by atoms with van der Waals surface area (Å²) < 4.78 is 0. The highest BCUT2D eigenvalue weighted by atomic mass is 16.6. The SMILES string of the molecule is N#Cc1ccc(NC(CN)C2CCCCC2)c([N+](=O)[O-])c1. The second-order valence-corrected chi connectivity index (χ2v) is 5.49. The minimum Gasteiger partial charge on any atom is -0.375 e. The van der Waals surface area contributed by atoms with Crippen LogP contribution in [0.15, 0.2) is 18.2 Å². The molecule has 112 valence electrons. The van der Waals surface area contributed by atoms with Gasteiger partial charge in [-0.25, -0.2) is 0 Å². The van der Waals surface area contributed by atoms with Gasteiger partial charge in [-0.2, -0.15) is 5.26 Å². The van der Waals surface area contributed by atoms with Gasteiger partial charge in [-0.1, -0.05) is 19.3 Å². The number of nitriles is 1. The smallest absolute Gasteiger partial charge is 0.293 e. The third-order valence-corrected chi connectivity index (χ3v) is 4.14. The Kier molecular flexibility index (Phi) is 5.12. The van der Waals surface area contributed by atoms with Crippen molar-refractivity contribution in [3.63, 3.8) is 0 Å². The number of nitrogens with one attached hydrogen (secondary N) is 1. The maximum absolute atomic E-state index is 11.2. The van der Waals surface area contributed by atoms with Crippen molar-refractivity contribution in [3.8, 4) is 6.07 Å². The van der Waals surface area contributed by atoms with Gasteiger partial charge in [-0.05, 0) is 30.9 Å². The molecule has 0 spiro atoms. The van der Waals surface area contributed by atoms with Gasteiger partial charge in [0.15, 0.2) is 0 Å². The molecule has 0 saturated heterocycles. The largest absolute Gasteiger partial charge is 0.375 e. The third-order valence-electron chi connectivity index (χ3n) is 4.14. The van der Waals surface area contributed by atoms with Crippen molar-refractivity contribution in [3.05, 3.63) is 33.9 Å². The zero-order chi connectivity index (χ0) is 15.2. The molecule has 6 nitrogen and oxygen atoms in total. The molecule has 2 rings (SSSR count). The molecule has 0 aliphatic heterocycles. The van der Waals surface area contributed by atoms with Gasteiger partial charge in [0.25, 0.3) is 5.69 Å². The number of rotatable bonds is 5. The Bertz CT molecular complexity index is 547. The average molecular weight is 288 g/mol. The number of benzene rings is 1. The molecule has 1 aliphatic rings. The highest BCUT2D eigenvalue weighted by molar-refractivity contribution is 5.64. The normalized spacial score (nSPS) is 17.0. The van der Waals surface area contributed by atoms with Gasteiger partial charge in [-0.3, -0.25) is 10.1 Å². The van der Waals surface area contributed by atoms with Gasteiger partial charge >= 0.3 is 0 Å². The molecule has 0 heterocycles. The predicted molar refractivity (Wildman–Crippen MR) is 80.9 cm³/mol. The van der Waals surface area contributed by atoms with Crippen LogP contribution in [0.3, 0.4) is 0 Å². The third kappa shape index (κ3) is 3.70. The molecule has 1 aromatic rings. The summed E-state index contributed by atoms with van der Waals surface area (Å²) in [5.74, 6) is 0.457. The number of nitro benzene ring substituents is 1. The van der Waals surface area contributed by atoms with Crippen LogP contribution in [0.5, 0.6) is 0 Å². The quantitative estimate of drug-likeness (QED) is 0.640. The lowest BCUT2D eigenvalue weighted by atomic mass is 9.84. The Balaban J connectivity index is 2.20. The maximum atomic E-state index is 11.2. The lowest BCUT2D eigenvalue weighted by molar-refractivity contribution is -0.384. The van der Waals surface area contributed by atoms with E-state index in [0.717, 1.165) is 12.8 Å². The molecule has 0 radical (unpaired) electrons. The molecule has 1 saturated carbocycles. The van der Waals surface area contributed by atoms with Crippen molar-refractivity contribution < 1.29 is 4.92 Å². The molecule has 0 aromatic heterocycles. The van der Waals surface area contributed by atoms with E-state index in [-0.39, 0.29) is 17.3 Å². The topological polar surface area (TPSA) is 105 Å². The van der Waals surface area contributed by atoms with Crippen LogP contribution in [0.25, 0.3) is 0 Å². The summed E-state index contributed by atoms with van der Waals surface area (Å²) >= 11 is 0. The second kappa shape index (κ2) is 7.04. The zero-order valence-electron chi connectivity index (χ0n) is 11.9. The fourth-order valence-corrected chi connectivity index (χ4v) is 2.98. The van der Waals surface area contributed by atoms with Crippen LogP contribution >= 0.6 is 0 Å². The predicted octanol–water partition coefficient (Wildman–Crippen LogP) is 2.79. The van der Waals surface area contributed by atoms with Crippen molar-refractivity contribution in [1.29, 1.82) is 5.26 Å². The van der Waals surface area contributed by atoms with E-state index in [4.69, 9.17) is 11.0 Å². The minimum atomic E-state index is -0.461. The van der Waals surface area contributed by atoms with Crippen LogP contribution in [0.2, 0.25) is 0 Å². The molecule has 3 N–H and O–H groups in total. The first-order valence-corrected chi connectivity index (χ1v) is 7.31. The first-order valence-electron chi connectivity index (χ1n) is 7.31. The van der Waals surface area contributed by atoms with Crippen molar-refractivity contribution >= 4 is 11.4 Å². The maximum Gasteiger partial charge on any atom is 0.293 e. The van der Waals surface area contributed by atoms with E-state index >= 15 is 0 Å². The summed E-state index contributed by atoms with van der Waals surface area (Å²) in [4.78, 5) is 10.7. The highest BCUT2D eigenvalue weighted by Crippen LogP contribution is 2.31. The van der Waals surface area contributed by atoms with Crippen molar-refractivity contribution in [2.75, 3.05) is 11.9 Å². The van der Waals surface area contributed by atoms with Crippen molar-refractivity contribution in [1.82, 2.24) is 0 Å². The number of nitrogens with two attached hydrogens (primary N) is 1. The van der Waals surface area contributed by atoms with Crippen LogP contribution in [0.1, 0.15) is 37.7 Å². The van der Waals surface area contributed by atoms with Gasteiger partial charge in [0.05, 0.1) is 16.6 Å². The highest BCUT2D eigenvalue weighted by Gasteiger charge is 2.25. The molecule has 6 heteroatoms. The number of anilines is 1. The summed E-state index contributed by atoms with van der Waals surface area (Å²) in [6, 6.07) is 6.45. The Hall–Kier alpha value is -2.13. The van der Waals surface area contributed by atoms with Gasteiger partial charge in [0, 0.05) is 18.7 Å². The van der Waals surface area contributed by atoms with Gasteiger partial charge in [-0.15, -0.1) is 0 Å². The molecule has 1 atom stereocenters. The number of hydrogen-bond acceptors (Lipinski definition) is 5. The summed E-state index contributed by atoms with van der Waals surface area (Å²) in [6.07, 6.45) is 5.86. The summed E-state index contributed by atoms with van der Waals surface area (Å²) in [6.45, 7) is 0.446. The standard InChI is InChI=1S/C15H20N4O2/c16-9-11-6-7-13(15(8-11)19(20)21)18-14(10-17)12-4-2-1-3-5-12/h6-8,12,14,18H,1-5,10,17H2. The molecule has 21 heavy (non-hydrogen) atoms. The number of nitrogens with zero attached hydrogens (tertiary/aromatic N) is 2. The van der Waals surface area contributed by atoms with Crippen LogP contribution in [0.4, 0.5) is 11.4 Å². The lowest BCUT2D eigenvalue weighted by Crippen LogP contribution is -2.37. The van der Waals surface area contributed by atoms with E-state index in [1.807, 2.05) is 6.07 Å². The molecule has 1 unspecified atom stereocenters. The number of hydrogen-bond donors (Lipinski definition) is 2. The molecular weight excluding hydrogens is 268 g/mol. The van der Waals surface area contributed by atoms with Gasteiger partial charge in [0.1, 0.15) is 5.69 Å². The van der Waals surface area contributed by atoms with Crippen molar-refractivity contribution in [2.24, 2.45) is 11.7 Å². The Morgan fingerprint density at radius 2 is 2.14 bits per heavy atom. The molecular formula is C15H20N4O2. The summed E-state index contributed by atoms with van der Waals surface area (Å²) in [5, 5.41) is 23.2. The van der Waals surface area contributed by atoms with E-state index < -0.39 is 4.92 Å². The fourth-order valence-electron chi connectivity index (χ4n) is 2.98. The molecule has 1 fully saturated rings. The summed E-state index contributed by atoms with van der Waals surface area (Å²) in [7, 11) is 0. The van der Waals surface area contributed by atoms with Crippen LogP contribution in [0, 0.1) is 27.4 Å². The zero-order valence-corrected chi connectivity index (χ0v) is 11.9. The van der Waals surface area contributed by atoms with E-state index in [1.54, 1.807) is 12.1 Å². The molecule has 1 aromatic carbocycles. The van der Waals surface area contributed by atoms with E-state index in [1.165, 1.54) is 25.3 Å². The molecule has 0 bridgehead atoms. The monoisotopic (exact) mass is 288 g/mol. The minimum absolute atomic E-state index is 0.0388. The number of nitro groups is 1. The molecule has 1 aliphatic carbocycles. The van der Waals surface area contributed by atoms with E-state index in [0.29, 0.717) is 18.2 Å². The summed E-state index contributed by atoms with van der Waals surface area (Å²) in [5.41, 5.74) is 6.51. The fraction of sp³-hybridized carbons (Fsp3) is 0.533. The van der Waals surface area contributed by atoms with Gasteiger partial charge < -0.3 is 11.1 Å². The first-order chi connectivity index (χ1) is 10.2. The Labute approximate surface area is 124 Å². The van der Waals surface area contributed by atoms with E-state index in [2.05, 4.69) is 5.32 Å². The first kappa shape index (κ1) is 15.3. The second-order valence-electron chi connectivity index (χ2n) is 5.49. The van der Waals surface area contributed by atoms with Crippen LogP contribution in [-0.4, -0.2) is 17.5 Å². The van der Waals surface area contributed by atoms with Crippen molar-refractivity contribution in [2.45, 2.75) is 38.1 Å². The van der Waals surface area contributed by atoms with Crippen LogP contribution < -0.4 is 11.1 Å². The van der Waals surface area contributed by atoms with Crippen LogP contribution in [-0.2, 0) is 0 Å². The molecule has 0 amide bonds. The lowest BCUT2D eigenvalue weighted by Gasteiger charge is -2.30. The van der Waals surface area contributed by atoms with E-state index in [9.17, 15) is 10.1 Å². The Morgan fingerprint density at radius 3 is 2.71 bits per heavy atom. The average Bonchev–Trinajstić information content (AvgIpc) is 2.53. The van der Waals surface area contributed by atoms with Gasteiger partial charge in [0.2, 0.25) is 0 Å². The Morgan fingerprint density at radius 1 is 1.43 bits per heavy atom.